The van der Waals surface area contributed by atoms with Crippen molar-refractivity contribution in [2.24, 2.45) is 0 Å². The number of rotatable bonds is 5. The van der Waals surface area contributed by atoms with Gasteiger partial charge >= 0.3 is 0 Å². The normalized spacial score (nSPS) is 11.6. The summed E-state index contributed by atoms with van der Waals surface area (Å²) in [4.78, 5) is 4.02. The van der Waals surface area contributed by atoms with Crippen molar-refractivity contribution >= 4 is 21.4 Å². The maximum Gasteiger partial charge on any atom is 0.224 e. The van der Waals surface area contributed by atoms with Crippen molar-refractivity contribution in [2.75, 3.05) is 7.05 Å². The average molecular weight is 363 g/mol. The second-order valence-corrected chi connectivity index (χ2v) is 7.36. The van der Waals surface area contributed by atoms with E-state index in [0.29, 0.717) is 22.9 Å². The lowest BCUT2D eigenvalue weighted by atomic mass is 10.3. The fourth-order valence-electron chi connectivity index (χ4n) is 2.30. The van der Waals surface area contributed by atoms with Crippen LogP contribution in [0.4, 0.5) is 0 Å². The van der Waals surface area contributed by atoms with Crippen molar-refractivity contribution in [3.63, 3.8) is 0 Å². The molecular formula is C16H15ClN4O2S. The van der Waals surface area contributed by atoms with Gasteiger partial charge in [0.1, 0.15) is 0 Å². The van der Waals surface area contributed by atoms with E-state index in [9.17, 15) is 8.42 Å². The van der Waals surface area contributed by atoms with E-state index in [2.05, 4.69) is 15.4 Å². The Labute approximate surface area is 145 Å². The zero-order chi connectivity index (χ0) is 17.2. The van der Waals surface area contributed by atoms with Gasteiger partial charge in [-0.2, -0.15) is 5.10 Å². The Morgan fingerprint density at radius 3 is 2.54 bits per heavy atom. The van der Waals surface area contributed by atoms with Crippen LogP contribution in [0.25, 0.3) is 5.69 Å². The van der Waals surface area contributed by atoms with Crippen LogP contribution in [0, 0.1) is 0 Å². The maximum absolute atomic E-state index is 13.0. The van der Waals surface area contributed by atoms with Gasteiger partial charge < -0.3 is 5.32 Å². The number of halogens is 1. The number of para-hydroxylation sites is 1. The lowest BCUT2D eigenvalue weighted by Gasteiger charge is -2.09. The molecular weight excluding hydrogens is 348 g/mol. The third-order valence-corrected chi connectivity index (χ3v) is 5.46. The van der Waals surface area contributed by atoms with Crippen molar-refractivity contribution in [2.45, 2.75) is 16.5 Å². The Morgan fingerprint density at radius 2 is 1.88 bits per heavy atom. The van der Waals surface area contributed by atoms with Crippen LogP contribution < -0.4 is 5.32 Å². The molecule has 1 N–H and O–H groups in total. The highest BCUT2D eigenvalue weighted by atomic mass is 35.5. The molecule has 0 saturated carbocycles. The summed E-state index contributed by atoms with van der Waals surface area (Å²) in [5, 5.41) is 7.85. The molecule has 24 heavy (non-hydrogen) atoms. The third kappa shape index (κ3) is 3.06. The first kappa shape index (κ1) is 16.6. The number of hydrogen-bond acceptors (Lipinski definition) is 5. The minimum Gasteiger partial charge on any atom is -0.314 e. The summed E-state index contributed by atoms with van der Waals surface area (Å²) >= 11 is 6.23. The quantitative estimate of drug-likeness (QED) is 0.754. The Morgan fingerprint density at radius 1 is 1.17 bits per heavy atom. The Kier molecular flexibility index (Phi) is 4.66. The van der Waals surface area contributed by atoms with Crippen LogP contribution in [0.1, 0.15) is 5.69 Å². The molecule has 0 spiro atoms. The lowest BCUT2D eigenvalue weighted by molar-refractivity contribution is 0.585. The Balaban J connectivity index is 2.23. The predicted molar refractivity (Wildman–Crippen MR) is 91.0 cm³/mol. The van der Waals surface area contributed by atoms with E-state index in [1.807, 2.05) is 0 Å². The van der Waals surface area contributed by atoms with Crippen LogP contribution in [0.3, 0.4) is 0 Å². The summed E-state index contributed by atoms with van der Waals surface area (Å²) in [5.41, 5.74) is 1.11. The molecule has 1 aromatic carbocycles. The minimum absolute atomic E-state index is 0.0621. The molecule has 0 bridgehead atoms. The number of benzene rings is 1. The number of aromatic nitrogens is 3. The van der Waals surface area contributed by atoms with E-state index >= 15 is 0 Å². The molecule has 2 aromatic heterocycles. The Hall–Kier alpha value is -2.22. The van der Waals surface area contributed by atoms with Crippen LogP contribution >= 0.6 is 11.6 Å². The summed E-state index contributed by atoms with van der Waals surface area (Å²) in [7, 11) is -1.99. The molecule has 0 saturated heterocycles. The van der Waals surface area contributed by atoms with Gasteiger partial charge in [0.05, 0.1) is 21.3 Å². The van der Waals surface area contributed by atoms with Crippen LogP contribution in [0.2, 0.25) is 5.02 Å². The summed E-state index contributed by atoms with van der Waals surface area (Å²) < 4.78 is 27.4. The van der Waals surface area contributed by atoms with Gasteiger partial charge in [0, 0.05) is 25.0 Å². The van der Waals surface area contributed by atoms with Gasteiger partial charge in [-0.25, -0.2) is 13.1 Å². The summed E-state index contributed by atoms with van der Waals surface area (Å²) in [6.07, 6.45) is 2.88. The SMILES string of the molecule is CNCc1cc(S(=O)(=O)c2ccncc2)n(-c2ccccc2Cl)n1. The number of nitrogens with zero attached hydrogens (tertiary/aromatic N) is 3. The second kappa shape index (κ2) is 6.72. The molecule has 0 aliphatic heterocycles. The maximum atomic E-state index is 13.0. The van der Waals surface area contributed by atoms with Crippen LogP contribution in [-0.4, -0.2) is 30.2 Å². The van der Waals surface area contributed by atoms with Crippen molar-refractivity contribution in [1.82, 2.24) is 20.1 Å². The van der Waals surface area contributed by atoms with Gasteiger partial charge in [0.15, 0.2) is 5.03 Å². The molecule has 0 aliphatic rings. The van der Waals surface area contributed by atoms with Gasteiger partial charge in [-0.3, -0.25) is 4.98 Å². The monoisotopic (exact) mass is 362 g/mol. The van der Waals surface area contributed by atoms with E-state index in [4.69, 9.17) is 11.6 Å². The average Bonchev–Trinajstić information content (AvgIpc) is 3.01. The molecule has 2 heterocycles. The zero-order valence-corrected chi connectivity index (χ0v) is 14.4. The number of sulfone groups is 1. The number of hydrogen-bond donors (Lipinski definition) is 1. The van der Waals surface area contributed by atoms with Gasteiger partial charge in [0.25, 0.3) is 0 Å². The smallest absolute Gasteiger partial charge is 0.224 e. The first-order valence-electron chi connectivity index (χ1n) is 7.17. The van der Waals surface area contributed by atoms with Crippen molar-refractivity contribution in [3.8, 4) is 5.69 Å². The zero-order valence-electron chi connectivity index (χ0n) is 12.8. The van der Waals surface area contributed by atoms with Gasteiger partial charge in [-0.1, -0.05) is 23.7 Å². The lowest BCUT2D eigenvalue weighted by Crippen LogP contribution is -2.10. The highest BCUT2D eigenvalue weighted by Crippen LogP contribution is 2.27. The van der Waals surface area contributed by atoms with Crippen LogP contribution in [0.15, 0.2) is 64.8 Å². The summed E-state index contributed by atoms with van der Waals surface area (Å²) in [6.45, 7) is 0.441. The summed E-state index contributed by atoms with van der Waals surface area (Å²) in [6, 6.07) is 11.4. The molecule has 0 radical (unpaired) electrons. The summed E-state index contributed by atoms with van der Waals surface area (Å²) in [5.74, 6) is 0. The molecule has 0 atom stereocenters. The van der Waals surface area contributed by atoms with Crippen molar-refractivity contribution < 1.29 is 8.42 Å². The fraction of sp³-hybridized carbons (Fsp3) is 0.125. The molecule has 0 fully saturated rings. The van der Waals surface area contributed by atoms with E-state index < -0.39 is 9.84 Å². The van der Waals surface area contributed by atoms with Gasteiger partial charge in [-0.15, -0.1) is 0 Å². The molecule has 3 rings (SSSR count). The van der Waals surface area contributed by atoms with Crippen molar-refractivity contribution in [1.29, 1.82) is 0 Å². The van der Waals surface area contributed by atoms with E-state index in [0.717, 1.165) is 0 Å². The second-order valence-electron chi connectivity index (χ2n) is 5.05. The fourth-order valence-corrected chi connectivity index (χ4v) is 3.90. The third-order valence-electron chi connectivity index (χ3n) is 3.40. The number of pyridine rings is 1. The molecule has 0 aliphatic carbocycles. The molecule has 8 heteroatoms. The highest BCUT2D eigenvalue weighted by Gasteiger charge is 2.25. The molecule has 6 nitrogen and oxygen atoms in total. The highest BCUT2D eigenvalue weighted by molar-refractivity contribution is 7.91. The molecule has 0 unspecified atom stereocenters. The van der Waals surface area contributed by atoms with Gasteiger partial charge in [-0.05, 0) is 31.3 Å². The molecule has 3 aromatic rings. The standard InChI is InChI=1S/C16H15ClN4O2S/c1-18-11-12-10-16(24(22,23)13-6-8-19-9-7-13)21(20-12)15-5-3-2-4-14(15)17/h2-10,18H,11H2,1H3. The molecule has 124 valence electrons. The minimum atomic E-state index is -3.76. The first-order chi connectivity index (χ1) is 11.5. The largest absolute Gasteiger partial charge is 0.314 e. The van der Waals surface area contributed by atoms with Crippen molar-refractivity contribution in [3.05, 3.63) is 65.6 Å². The number of nitrogens with one attached hydrogen (secondary N) is 1. The van der Waals surface area contributed by atoms with E-state index in [-0.39, 0.29) is 9.92 Å². The van der Waals surface area contributed by atoms with E-state index in [1.54, 1.807) is 37.4 Å². The Bertz CT molecular complexity index is 955. The van der Waals surface area contributed by atoms with Crippen LogP contribution in [-0.2, 0) is 16.4 Å². The molecule has 0 amide bonds. The van der Waals surface area contributed by atoms with Crippen LogP contribution in [0.5, 0.6) is 0 Å². The first-order valence-corrected chi connectivity index (χ1v) is 9.03. The van der Waals surface area contributed by atoms with E-state index in [1.165, 1.54) is 29.2 Å². The topological polar surface area (TPSA) is 76.9 Å². The van der Waals surface area contributed by atoms with Gasteiger partial charge in [0.2, 0.25) is 9.84 Å². The predicted octanol–water partition coefficient (Wildman–Crippen LogP) is 2.47.